The number of hydrogen-bond donors (Lipinski definition) is 3. The van der Waals surface area contributed by atoms with E-state index in [0.29, 0.717) is 24.2 Å². The largest absolute Gasteiger partial charge is 0.389 e. The highest BCUT2D eigenvalue weighted by Gasteiger charge is 2.36. The topological polar surface area (TPSA) is 95.1 Å². The third kappa shape index (κ3) is 2.36. The van der Waals surface area contributed by atoms with E-state index in [2.05, 4.69) is 14.9 Å². The van der Waals surface area contributed by atoms with E-state index in [-0.39, 0.29) is 11.4 Å². The monoisotopic (exact) mass is 259 g/mol. The molecule has 1 fully saturated rings. The second-order valence-corrected chi connectivity index (χ2v) is 6.37. The summed E-state index contributed by atoms with van der Waals surface area (Å²) in [6.07, 6.45) is 2.25. The summed E-state index contributed by atoms with van der Waals surface area (Å²) in [5.41, 5.74) is 0.0877. The maximum absolute atomic E-state index is 12.0. The van der Waals surface area contributed by atoms with Crippen LogP contribution in [0.15, 0.2) is 4.90 Å². The summed E-state index contributed by atoms with van der Waals surface area (Å²) in [4.78, 5) is 0.181. The van der Waals surface area contributed by atoms with Crippen LogP contribution >= 0.6 is 0 Å². The summed E-state index contributed by atoms with van der Waals surface area (Å²) in [6.45, 7) is 3.36. The number of rotatable bonds is 4. The summed E-state index contributed by atoms with van der Waals surface area (Å²) in [7, 11) is -3.59. The lowest BCUT2D eigenvalue weighted by atomic mass is 9.81. The minimum atomic E-state index is -3.59. The Bertz CT molecular complexity index is 497. The van der Waals surface area contributed by atoms with Gasteiger partial charge in [0.2, 0.25) is 10.0 Å². The van der Waals surface area contributed by atoms with Crippen molar-refractivity contribution in [3.8, 4) is 0 Å². The molecule has 1 aliphatic rings. The fourth-order valence-electron chi connectivity index (χ4n) is 2.00. The van der Waals surface area contributed by atoms with Gasteiger partial charge in [0.15, 0.2) is 0 Å². The summed E-state index contributed by atoms with van der Waals surface area (Å²) >= 11 is 0. The van der Waals surface area contributed by atoms with E-state index < -0.39 is 15.6 Å². The van der Waals surface area contributed by atoms with Gasteiger partial charge in [0.25, 0.3) is 0 Å². The maximum Gasteiger partial charge on any atom is 0.244 e. The number of nitrogens with zero attached hydrogens (tertiary/aromatic N) is 1. The SMILES string of the molecule is Cc1n[nH]c(C)c1S(=O)(=O)NCC1(O)CCC1. The van der Waals surface area contributed by atoms with Gasteiger partial charge in [-0.05, 0) is 33.1 Å². The van der Waals surface area contributed by atoms with Crippen molar-refractivity contribution in [3.63, 3.8) is 0 Å². The van der Waals surface area contributed by atoms with E-state index in [0.717, 1.165) is 6.42 Å². The number of hydrogen-bond acceptors (Lipinski definition) is 4. The van der Waals surface area contributed by atoms with Gasteiger partial charge < -0.3 is 5.11 Å². The molecule has 1 saturated carbocycles. The molecular weight excluding hydrogens is 242 g/mol. The lowest BCUT2D eigenvalue weighted by molar-refractivity contribution is -0.0271. The highest BCUT2D eigenvalue weighted by atomic mass is 32.2. The zero-order valence-electron chi connectivity index (χ0n) is 9.95. The summed E-state index contributed by atoms with van der Waals surface area (Å²) in [5.74, 6) is 0. The van der Waals surface area contributed by atoms with Crippen LogP contribution in [-0.2, 0) is 10.0 Å². The number of nitrogens with one attached hydrogen (secondary N) is 2. The lowest BCUT2D eigenvalue weighted by Gasteiger charge is -2.36. The van der Waals surface area contributed by atoms with Crippen molar-refractivity contribution >= 4 is 10.0 Å². The first-order valence-electron chi connectivity index (χ1n) is 5.58. The number of aryl methyl sites for hydroxylation is 2. The molecule has 0 unspecified atom stereocenters. The van der Waals surface area contributed by atoms with Crippen LogP contribution in [0.2, 0.25) is 0 Å². The zero-order chi connectivity index (χ0) is 12.7. The Hall–Kier alpha value is -0.920. The molecule has 0 atom stereocenters. The molecule has 0 spiro atoms. The summed E-state index contributed by atoms with van der Waals surface area (Å²) < 4.78 is 26.5. The second-order valence-electron chi connectivity index (χ2n) is 4.67. The first-order chi connectivity index (χ1) is 7.84. The van der Waals surface area contributed by atoms with E-state index in [4.69, 9.17) is 0 Å². The van der Waals surface area contributed by atoms with Crippen molar-refractivity contribution in [2.24, 2.45) is 0 Å². The molecule has 0 aliphatic heterocycles. The van der Waals surface area contributed by atoms with Crippen LogP contribution in [0.3, 0.4) is 0 Å². The van der Waals surface area contributed by atoms with E-state index >= 15 is 0 Å². The van der Waals surface area contributed by atoms with Crippen LogP contribution in [0.4, 0.5) is 0 Å². The molecule has 17 heavy (non-hydrogen) atoms. The molecule has 6 nitrogen and oxygen atoms in total. The first-order valence-corrected chi connectivity index (χ1v) is 7.06. The van der Waals surface area contributed by atoms with Crippen molar-refractivity contribution in [2.75, 3.05) is 6.54 Å². The third-order valence-corrected chi connectivity index (χ3v) is 4.87. The number of aliphatic hydroxyl groups is 1. The fourth-order valence-corrected chi connectivity index (χ4v) is 3.49. The van der Waals surface area contributed by atoms with Crippen LogP contribution in [-0.4, -0.2) is 35.9 Å². The van der Waals surface area contributed by atoms with Crippen LogP contribution in [0, 0.1) is 13.8 Å². The lowest BCUT2D eigenvalue weighted by Crippen LogP contribution is -2.47. The molecule has 1 aromatic rings. The predicted molar refractivity (Wildman–Crippen MR) is 62.1 cm³/mol. The number of sulfonamides is 1. The van der Waals surface area contributed by atoms with Gasteiger partial charge in [-0.2, -0.15) is 5.10 Å². The molecule has 0 amide bonds. The number of H-pyrrole nitrogens is 1. The van der Waals surface area contributed by atoms with E-state index in [9.17, 15) is 13.5 Å². The van der Waals surface area contributed by atoms with Crippen molar-refractivity contribution in [1.29, 1.82) is 0 Å². The Kier molecular flexibility index (Phi) is 3.01. The molecule has 1 aromatic heterocycles. The Morgan fingerprint density at radius 1 is 1.47 bits per heavy atom. The summed E-state index contributed by atoms with van der Waals surface area (Å²) in [5, 5.41) is 16.3. The normalized spacial score (nSPS) is 19.0. The highest BCUT2D eigenvalue weighted by molar-refractivity contribution is 7.89. The summed E-state index contributed by atoms with van der Waals surface area (Å²) in [6, 6.07) is 0. The molecule has 0 saturated heterocycles. The van der Waals surface area contributed by atoms with E-state index in [1.54, 1.807) is 13.8 Å². The zero-order valence-corrected chi connectivity index (χ0v) is 10.8. The quantitative estimate of drug-likeness (QED) is 0.721. The number of aromatic nitrogens is 2. The van der Waals surface area contributed by atoms with Crippen LogP contribution in [0.5, 0.6) is 0 Å². The minimum absolute atomic E-state index is 0.0688. The maximum atomic E-state index is 12.0. The van der Waals surface area contributed by atoms with Crippen molar-refractivity contribution in [3.05, 3.63) is 11.4 Å². The third-order valence-electron chi connectivity index (χ3n) is 3.20. The standard InChI is InChI=1S/C10H17N3O3S/c1-7-9(8(2)13-12-7)17(15,16)11-6-10(14)4-3-5-10/h11,14H,3-6H2,1-2H3,(H,12,13). The molecule has 1 aliphatic carbocycles. The van der Waals surface area contributed by atoms with Gasteiger partial charge in [0, 0.05) is 6.54 Å². The van der Waals surface area contributed by atoms with E-state index in [1.165, 1.54) is 0 Å². The number of aromatic amines is 1. The van der Waals surface area contributed by atoms with Crippen LogP contribution in [0.25, 0.3) is 0 Å². The second kappa shape index (κ2) is 4.08. The molecule has 1 heterocycles. The molecule has 0 aromatic carbocycles. The first kappa shape index (κ1) is 12.5. The van der Waals surface area contributed by atoms with Crippen molar-refractivity contribution in [2.45, 2.75) is 43.6 Å². The molecule has 96 valence electrons. The average Bonchev–Trinajstić information content (AvgIpc) is 2.53. The van der Waals surface area contributed by atoms with Crippen molar-refractivity contribution in [1.82, 2.24) is 14.9 Å². The molecule has 2 rings (SSSR count). The molecule has 0 bridgehead atoms. The fraction of sp³-hybridized carbons (Fsp3) is 0.700. The highest BCUT2D eigenvalue weighted by Crippen LogP contribution is 2.31. The Labute approximate surface area is 100 Å². The molecular formula is C10H17N3O3S. The minimum Gasteiger partial charge on any atom is -0.389 e. The Morgan fingerprint density at radius 3 is 2.53 bits per heavy atom. The molecule has 7 heteroatoms. The van der Waals surface area contributed by atoms with Crippen molar-refractivity contribution < 1.29 is 13.5 Å². The van der Waals surface area contributed by atoms with Gasteiger partial charge in [0.1, 0.15) is 4.90 Å². The van der Waals surface area contributed by atoms with Gasteiger partial charge >= 0.3 is 0 Å². The van der Waals surface area contributed by atoms with Gasteiger partial charge in [-0.15, -0.1) is 0 Å². The smallest absolute Gasteiger partial charge is 0.244 e. The van der Waals surface area contributed by atoms with Gasteiger partial charge in [-0.1, -0.05) is 0 Å². The Morgan fingerprint density at radius 2 is 2.12 bits per heavy atom. The van der Waals surface area contributed by atoms with Crippen LogP contribution < -0.4 is 4.72 Å². The predicted octanol–water partition coefficient (Wildman–Crippen LogP) is 0.220. The molecule has 3 N–H and O–H groups in total. The Balaban J connectivity index is 2.14. The van der Waals surface area contributed by atoms with Gasteiger partial charge in [0.05, 0.1) is 17.0 Å². The molecule has 0 radical (unpaired) electrons. The van der Waals surface area contributed by atoms with Crippen LogP contribution in [0.1, 0.15) is 30.7 Å². The van der Waals surface area contributed by atoms with E-state index in [1.807, 2.05) is 0 Å². The van der Waals surface area contributed by atoms with Gasteiger partial charge in [-0.3, -0.25) is 5.10 Å². The van der Waals surface area contributed by atoms with Gasteiger partial charge in [-0.25, -0.2) is 13.1 Å². The average molecular weight is 259 g/mol.